The van der Waals surface area contributed by atoms with E-state index < -0.39 is 30.4 Å². The van der Waals surface area contributed by atoms with Crippen molar-refractivity contribution >= 4 is 23.6 Å². The number of aromatic amines is 1. The van der Waals surface area contributed by atoms with Gasteiger partial charge in [-0.05, 0) is 37.8 Å². The molecule has 0 aliphatic carbocycles. The second-order valence-corrected chi connectivity index (χ2v) is 7.83. The summed E-state index contributed by atoms with van der Waals surface area (Å²) in [6, 6.07) is 8.29. The Labute approximate surface area is 187 Å². The minimum atomic E-state index is -0.888. The summed E-state index contributed by atoms with van der Waals surface area (Å²) in [7, 11) is 0. The Balaban J connectivity index is 2.01. The van der Waals surface area contributed by atoms with Crippen molar-refractivity contribution in [3.05, 3.63) is 58.4 Å². The van der Waals surface area contributed by atoms with E-state index in [1.54, 1.807) is 34.6 Å². The van der Waals surface area contributed by atoms with Gasteiger partial charge < -0.3 is 19.8 Å². The van der Waals surface area contributed by atoms with Crippen LogP contribution in [0.5, 0.6) is 0 Å². The van der Waals surface area contributed by atoms with Crippen LogP contribution in [0.4, 0.5) is 0 Å². The highest BCUT2D eigenvalue weighted by atomic mass is 16.5. The van der Waals surface area contributed by atoms with Gasteiger partial charge in [-0.3, -0.25) is 9.59 Å². The topological polar surface area (TPSA) is 115 Å². The lowest BCUT2D eigenvalue weighted by molar-refractivity contribution is -0.148. The molecule has 0 saturated heterocycles. The SMILES string of the molecule is CCOC(=O)c1c(C)[nH]c(C(=O)COC(=O)C(NC(=O)Cc2ccccc2)C(C)C)c1C. The number of aryl methyl sites for hydroxylation is 1. The Morgan fingerprint density at radius 2 is 1.69 bits per heavy atom. The number of hydrogen-bond acceptors (Lipinski definition) is 6. The number of esters is 2. The third-order valence-corrected chi connectivity index (χ3v) is 4.99. The molecule has 0 radical (unpaired) electrons. The fourth-order valence-corrected chi connectivity index (χ4v) is 3.34. The quantitative estimate of drug-likeness (QED) is 0.432. The minimum Gasteiger partial charge on any atom is -0.462 e. The van der Waals surface area contributed by atoms with Gasteiger partial charge >= 0.3 is 11.9 Å². The van der Waals surface area contributed by atoms with Crippen molar-refractivity contribution in [3.8, 4) is 0 Å². The molecule has 0 aliphatic rings. The fraction of sp³-hybridized carbons (Fsp3) is 0.417. The molecule has 8 heteroatoms. The summed E-state index contributed by atoms with van der Waals surface area (Å²) in [5.41, 5.74) is 2.26. The number of carbonyl (C=O) groups is 4. The van der Waals surface area contributed by atoms with Gasteiger partial charge in [0.15, 0.2) is 6.61 Å². The maximum absolute atomic E-state index is 12.6. The van der Waals surface area contributed by atoms with Gasteiger partial charge in [0.1, 0.15) is 6.04 Å². The first-order valence-electron chi connectivity index (χ1n) is 10.5. The number of amides is 1. The van der Waals surface area contributed by atoms with E-state index in [4.69, 9.17) is 9.47 Å². The first-order valence-corrected chi connectivity index (χ1v) is 10.5. The second-order valence-electron chi connectivity index (χ2n) is 7.83. The third-order valence-electron chi connectivity index (χ3n) is 4.99. The van der Waals surface area contributed by atoms with E-state index in [0.29, 0.717) is 16.8 Å². The number of aromatic nitrogens is 1. The number of nitrogens with one attached hydrogen (secondary N) is 2. The molecule has 1 aromatic carbocycles. The zero-order valence-corrected chi connectivity index (χ0v) is 19.1. The van der Waals surface area contributed by atoms with Crippen LogP contribution in [-0.4, -0.2) is 47.9 Å². The van der Waals surface area contributed by atoms with E-state index in [1.165, 1.54) is 0 Å². The van der Waals surface area contributed by atoms with E-state index in [2.05, 4.69) is 10.3 Å². The van der Waals surface area contributed by atoms with Gasteiger partial charge in [0.2, 0.25) is 11.7 Å². The van der Waals surface area contributed by atoms with Crippen molar-refractivity contribution in [1.29, 1.82) is 0 Å². The van der Waals surface area contributed by atoms with Gasteiger partial charge in [-0.2, -0.15) is 0 Å². The molecule has 8 nitrogen and oxygen atoms in total. The highest BCUT2D eigenvalue weighted by molar-refractivity contribution is 6.02. The van der Waals surface area contributed by atoms with Gasteiger partial charge in [0.25, 0.3) is 0 Å². The standard InChI is InChI=1S/C24H30N2O6/c1-6-31-23(29)20-15(4)22(25-16(20)5)18(27)13-32-24(30)21(14(2)3)26-19(28)12-17-10-8-7-9-11-17/h7-11,14,21,25H,6,12-13H2,1-5H3,(H,26,28). The van der Waals surface area contributed by atoms with Crippen molar-refractivity contribution in [3.63, 3.8) is 0 Å². The summed E-state index contributed by atoms with van der Waals surface area (Å²) in [5.74, 6) is -2.24. The zero-order chi connectivity index (χ0) is 23.8. The summed E-state index contributed by atoms with van der Waals surface area (Å²) in [4.78, 5) is 52.6. The Morgan fingerprint density at radius 1 is 1.03 bits per heavy atom. The Kier molecular flexibility index (Phi) is 8.75. The molecule has 1 atom stereocenters. The molecule has 0 aliphatic heterocycles. The smallest absolute Gasteiger partial charge is 0.340 e. The van der Waals surface area contributed by atoms with Crippen LogP contribution >= 0.6 is 0 Å². The molecule has 1 aromatic heterocycles. The first-order chi connectivity index (χ1) is 15.1. The van der Waals surface area contributed by atoms with Crippen molar-refractivity contribution < 1.29 is 28.7 Å². The van der Waals surface area contributed by atoms with Crippen LogP contribution in [0, 0.1) is 19.8 Å². The lowest BCUT2D eigenvalue weighted by Crippen LogP contribution is -2.46. The van der Waals surface area contributed by atoms with E-state index in [1.807, 2.05) is 30.3 Å². The van der Waals surface area contributed by atoms with Crippen LogP contribution in [0.2, 0.25) is 0 Å². The lowest BCUT2D eigenvalue weighted by atomic mass is 10.0. The molecule has 2 aromatic rings. The summed E-state index contributed by atoms with van der Waals surface area (Å²) in [5, 5.41) is 2.69. The lowest BCUT2D eigenvalue weighted by Gasteiger charge is -2.20. The van der Waals surface area contributed by atoms with Gasteiger partial charge in [-0.25, -0.2) is 9.59 Å². The van der Waals surface area contributed by atoms with Crippen LogP contribution in [0.25, 0.3) is 0 Å². The van der Waals surface area contributed by atoms with Crippen molar-refractivity contribution in [2.75, 3.05) is 13.2 Å². The first kappa shape index (κ1) is 24.8. The van der Waals surface area contributed by atoms with E-state index >= 15 is 0 Å². The summed E-state index contributed by atoms with van der Waals surface area (Å²) in [6.07, 6.45) is 0.133. The van der Waals surface area contributed by atoms with Gasteiger partial charge in [0.05, 0.1) is 24.3 Å². The molecule has 0 fully saturated rings. The molecule has 1 amide bonds. The Bertz CT molecular complexity index is 978. The largest absolute Gasteiger partial charge is 0.462 e. The maximum atomic E-state index is 12.6. The monoisotopic (exact) mass is 442 g/mol. The number of carbonyl (C=O) groups excluding carboxylic acids is 4. The fourth-order valence-electron chi connectivity index (χ4n) is 3.34. The van der Waals surface area contributed by atoms with Crippen LogP contribution in [-0.2, 0) is 25.5 Å². The van der Waals surface area contributed by atoms with E-state index in [-0.39, 0.29) is 30.5 Å². The van der Waals surface area contributed by atoms with Crippen molar-refractivity contribution in [1.82, 2.24) is 10.3 Å². The Morgan fingerprint density at radius 3 is 2.28 bits per heavy atom. The molecule has 1 heterocycles. The number of Topliss-reactive ketones (excluding diaryl/α,β-unsaturated/α-hetero) is 1. The number of rotatable bonds is 10. The molecule has 2 rings (SSSR count). The summed E-state index contributed by atoms with van der Waals surface area (Å²) < 4.78 is 10.2. The number of ether oxygens (including phenoxy) is 2. The molecule has 0 saturated carbocycles. The maximum Gasteiger partial charge on any atom is 0.340 e. The predicted molar refractivity (Wildman–Crippen MR) is 118 cm³/mol. The molecule has 0 bridgehead atoms. The second kappa shape index (κ2) is 11.3. The molecular weight excluding hydrogens is 412 g/mol. The molecule has 172 valence electrons. The average Bonchev–Trinajstić information content (AvgIpc) is 3.04. The highest BCUT2D eigenvalue weighted by Crippen LogP contribution is 2.20. The number of benzene rings is 1. The van der Waals surface area contributed by atoms with Gasteiger partial charge in [0, 0.05) is 5.69 Å². The summed E-state index contributed by atoms with van der Waals surface area (Å²) >= 11 is 0. The summed E-state index contributed by atoms with van der Waals surface area (Å²) in [6.45, 7) is 8.26. The number of ketones is 1. The molecular formula is C24H30N2O6. The van der Waals surface area contributed by atoms with Gasteiger partial charge in [-0.15, -0.1) is 0 Å². The van der Waals surface area contributed by atoms with Crippen LogP contribution in [0.15, 0.2) is 30.3 Å². The average molecular weight is 443 g/mol. The van der Waals surface area contributed by atoms with E-state index in [0.717, 1.165) is 5.56 Å². The van der Waals surface area contributed by atoms with Crippen molar-refractivity contribution in [2.24, 2.45) is 5.92 Å². The minimum absolute atomic E-state index is 0.133. The number of hydrogen-bond donors (Lipinski definition) is 2. The van der Waals surface area contributed by atoms with Crippen molar-refractivity contribution in [2.45, 2.75) is 47.1 Å². The normalized spacial score (nSPS) is 11.7. The predicted octanol–water partition coefficient (Wildman–Crippen LogP) is 2.92. The molecule has 2 N–H and O–H groups in total. The zero-order valence-electron chi connectivity index (χ0n) is 19.1. The highest BCUT2D eigenvalue weighted by Gasteiger charge is 2.28. The molecule has 1 unspecified atom stereocenters. The molecule has 0 spiro atoms. The number of H-pyrrole nitrogens is 1. The van der Waals surface area contributed by atoms with Crippen LogP contribution in [0.3, 0.4) is 0 Å². The van der Waals surface area contributed by atoms with Gasteiger partial charge in [-0.1, -0.05) is 44.2 Å². The van der Waals surface area contributed by atoms with Crippen LogP contribution in [0.1, 0.15) is 58.4 Å². The van der Waals surface area contributed by atoms with E-state index in [9.17, 15) is 19.2 Å². The molecule has 32 heavy (non-hydrogen) atoms. The third kappa shape index (κ3) is 6.29. The van der Waals surface area contributed by atoms with Crippen LogP contribution < -0.4 is 5.32 Å². The Hall–Kier alpha value is -3.42.